The number of hydrogen-bond acceptors (Lipinski definition) is 9. The summed E-state index contributed by atoms with van der Waals surface area (Å²) in [6.45, 7) is 5.22. The van der Waals surface area contributed by atoms with Crippen LogP contribution in [0.4, 0.5) is 4.39 Å². The van der Waals surface area contributed by atoms with Crippen LogP contribution < -0.4 is 24.4 Å². The highest BCUT2D eigenvalue weighted by Crippen LogP contribution is 2.35. The molecule has 4 aromatic rings. The lowest BCUT2D eigenvalue weighted by Gasteiger charge is -2.25. The van der Waals surface area contributed by atoms with Gasteiger partial charge in [-0.25, -0.2) is 14.2 Å². The number of fused-ring (bicyclic) bond motifs is 1. The van der Waals surface area contributed by atoms with Gasteiger partial charge in [-0.05, 0) is 61.7 Å². The molecule has 0 unspecified atom stereocenters. The number of methoxy groups -OCH3 is 2. The third-order valence-electron chi connectivity index (χ3n) is 7.37. The predicted octanol–water partition coefficient (Wildman–Crippen LogP) is 5.39. The minimum absolute atomic E-state index is 0.00197. The van der Waals surface area contributed by atoms with Gasteiger partial charge in [0.15, 0.2) is 16.3 Å². The van der Waals surface area contributed by atoms with E-state index in [-0.39, 0.29) is 42.1 Å². The van der Waals surface area contributed by atoms with Gasteiger partial charge in [-0.3, -0.25) is 14.2 Å². The van der Waals surface area contributed by atoms with Crippen LogP contribution in [0.2, 0.25) is 0 Å². The lowest BCUT2D eigenvalue weighted by atomic mass is 9.94. The molecule has 3 aromatic carbocycles. The van der Waals surface area contributed by atoms with Gasteiger partial charge in [-0.2, -0.15) is 0 Å². The van der Waals surface area contributed by atoms with Gasteiger partial charge < -0.3 is 18.9 Å². The van der Waals surface area contributed by atoms with Crippen molar-refractivity contribution in [3.63, 3.8) is 0 Å². The minimum Gasteiger partial charge on any atom is -0.493 e. The number of benzene rings is 3. The van der Waals surface area contributed by atoms with Gasteiger partial charge in [0, 0.05) is 10.0 Å². The third kappa shape index (κ3) is 7.39. The first kappa shape index (κ1) is 33.8. The molecule has 12 heteroatoms. The summed E-state index contributed by atoms with van der Waals surface area (Å²) in [4.78, 5) is 44.4. The summed E-state index contributed by atoms with van der Waals surface area (Å²) in [5.74, 6) is -0.541. The highest BCUT2D eigenvalue weighted by Gasteiger charge is 2.34. The average molecular weight is 724 g/mol. The van der Waals surface area contributed by atoms with E-state index in [1.54, 1.807) is 81.4 Å². The Morgan fingerprint density at radius 1 is 1.09 bits per heavy atom. The standard InChI is InChI=1S/C35H32BrFN2O7S/c1-19(2)46-34(42)31-20(3)38-35-39(32(31)22-12-10-21(11-13-22)14-30(40)44-5)33(41)29(47-35)16-24-15-27(43-4)28(17-25(24)36)45-18-23-8-6-7-9-26(23)37/h6-13,15-17,19,32H,14,18H2,1-5H3/b29-16+/t32-/m1/s1. The van der Waals surface area contributed by atoms with E-state index < -0.39 is 12.0 Å². The number of rotatable bonds is 10. The number of carbonyl (C=O) groups excluding carboxylic acids is 2. The van der Waals surface area contributed by atoms with E-state index in [2.05, 4.69) is 20.9 Å². The maximum absolute atomic E-state index is 14.1. The molecule has 0 aliphatic carbocycles. The molecule has 0 saturated carbocycles. The van der Waals surface area contributed by atoms with Crippen LogP contribution >= 0.6 is 27.3 Å². The Morgan fingerprint density at radius 2 is 1.81 bits per heavy atom. The monoisotopic (exact) mass is 722 g/mol. The SMILES string of the molecule is COC(=O)Cc1ccc([C@@H]2C(C(=O)OC(C)C)=C(C)N=c3s/c(=C/c4cc(OC)c(OCc5ccccc5F)cc4Br)c(=O)n32)cc1. The highest BCUT2D eigenvalue weighted by molar-refractivity contribution is 9.10. The number of thiazole rings is 1. The van der Waals surface area contributed by atoms with E-state index in [1.165, 1.54) is 36.2 Å². The van der Waals surface area contributed by atoms with Crippen molar-refractivity contribution in [1.82, 2.24) is 4.57 Å². The van der Waals surface area contributed by atoms with Crippen molar-refractivity contribution in [2.24, 2.45) is 4.99 Å². The molecule has 1 aliphatic rings. The molecule has 1 aromatic heterocycles. The zero-order chi connectivity index (χ0) is 33.8. The van der Waals surface area contributed by atoms with Crippen molar-refractivity contribution < 1.29 is 32.9 Å². The van der Waals surface area contributed by atoms with Gasteiger partial charge in [0.05, 0.1) is 48.6 Å². The number of hydrogen-bond donors (Lipinski definition) is 0. The van der Waals surface area contributed by atoms with Crippen molar-refractivity contribution in [3.8, 4) is 11.5 Å². The zero-order valence-corrected chi connectivity index (χ0v) is 28.7. The maximum Gasteiger partial charge on any atom is 0.338 e. The van der Waals surface area contributed by atoms with Gasteiger partial charge in [-0.1, -0.05) is 69.7 Å². The molecule has 0 fully saturated rings. The molecule has 9 nitrogen and oxygen atoms in total. The molecule has 0 amide bonds. The number of nitrogens with zero attached hydrogens (tertiary/aromatic N) is 2. The number of ether oxygens (including phenoxy) is 4. The molecule has 1 aliphatic heterocycles. The molecule has 244 valence electrons. The first-order valence-electron chi connectivity index (χ1n) is 14.6. The molecule has 2 heterocycles. The lowest BCUT2D eigenvalue weighted by molar-refractivity contribution is -0.143. The van der Waals surface area contributed by atoms with Crippen molar-refractivity contribution in [2.45, 2.75) is 45.9 Å². The maximum atomic E-state index is 14.1. The number of carbonyl (C=O) groups is 2. The van der Waals surface area contributed by atoms with Gasteiger partial charge in [0.1, 0.15) is 12.4 Å². The molecule has 0 N–H and O–H groups in total. The fraction of sp³-hybridized carbons (Fsp3) is 0.257. The summed E-state index contributed by atoms with van der Waals surface area (Å²) in [7, 11) is 2.82. The smallest absolute Gasteiger partial charge is 0.338 e. The van der Waals surface area contributed by atoms with E-state index in [9.17, 15) is 18.8 Å². The zero-order valence-electron chi connectivity index (χ0n) is 26.3. The Labute approximate surface area is 282 Å². The van der Waals surface area contributed by atoms with Crippen LogP contribution in [0.25, 0.3) is 6.08 Å². The molecule has 0 bridgehead atoms. The first-order valence-corrected chi connectivity index (χ1v) is 16.2. The molecular weight excluding hydrogens is 691 g/mol. The number of aromatic nitrogens is 1. The molecule has 5 rings (SSSR count). The largest absolute Gasteiger partial charge is 0.493 e. The number of esters is 2. The third-order valence-corrected chi connectivity index (χ3v) is 9.04. The summed E-state index contributed by atoms with van der Waals surface area (Å²) >= 11 is 4.76. The van der Waals surface area contributed by atoms with Crippen molar-refractivity contribution in [2.75, 3.05) is 14.2 Å². The van der Waals surface area contributed by atoms with Crippen LogP contribution in [0.5, 0.6) is 11.5 Å². The van der Waals surface area contributed by atoms with E-state index in [0.29, 0.717) is 47.7 Å². The summed E-state index contributed by atoms with van der Waals surface area (Å²) in [5.41, 5.74) is 2.73. The van der Waals surface area contributed by atoms with E-state index in [4.69, 9.17) is 18.9 Å². The molecule has 0 spiro atoms. The van der Waals surface area contributed by atoms with Gasteiger partial charge in [-0.15, -0.1) is 0 Å². The van der Waals surface area contributed by atoms with E-state index in [1.807, 2.05) is 0 Å². The quantitative estimate of drug-likeness (QED) is 0.202. The second-order valence-electron chi connectivity index (χ2n) is 10.9. The Morgan fingerprint density at radius 3 is 2.47 bits per heavy atom. The fourth-order valence-electron chi connectivity index (χ4n) is 5.08. The Kier molecular flexibility index (Phi) is 10.4. The van der Waals surface area contributed by atoms with Crippen molar-refractivity contribution in [1.29, 1.82) is 0 Å². The molecule has 1 atom stereocenters. The molecule has 0 radical (unpaired) electrons. The second kappa shape index (κ2) is 14.5. The van der Waals surface area contributed by atoms with Crippen LogP contribution in [0.1, 0.15) is 49.1 Å². The van der Waals surface area contributed by atoms with Gasteiger partial charge >= 0.3 is 11.9 Å². The first-order chi connectivity index (χ1) is 22.5. The second-order valence-corrected chi connectivity index (χ2v) is 12.8. The summed E-state index contributed by atoms with van der Waals surface area (Å²) in [6.07, 6.45) is 1.41. The van der Waals surface area contributed by atoms with E-state index >= 15 is 0 Å². The summed E-state index contributed by atoms with van der Waals surface area (Å²) in [5, 5.41) is 0. The Hall–Kier alpha value is -4.55. The summed E-state index contributed by atoms with van der Waals surface area (Å²) in [6, 6.07) is 16.0. The van der Waals surface area contributed by atoms with Crippen LogP contribution in [-0.2, 0) is 32.1 Å². The number of allylic oxidation sites excluding steroid dienone is 1. The van der Waals surface area contributed by atoms with Crippen LogP contribution in [0.15, 0.2) is 86.2 Å². The van der Waals surface area contributed by atoms with Gasteiger partial charge in [0.2, 0.25) is 0 Å². The van der Waals surface area contributed by atoms with Crippen LogP contribution in [0.3, 0.4) is 0 Å². The van der Waals surface area contributed by atoms with Crippen LogP contribution in [-0.4, -0.2) is 36.8 Å². The predicted molar refractivity (Wildman–Crippen MR) is 179 cm³/mol. The van der Waals surface area contributed by atoms with Crippen LogP contribution in [0, 0.1) is 5.82 Å². The van der Waals surface area contributed by atoms with Gasteiger partial charge in [0.25, 0.3) is 5.56 Å². The normalized spacial score (nSPS) is 14.5. The molecule has 47 heavy (non-hydrogen) atoms. The minimum atomic E-state index is -0.820. The van der Waals surface area contributed by atoms with E-state index in [0.717, 1.165) is 5.56 Å². The fourth-order valence-corrected chi connectivity index (χ4v) is 6.55. The molecule has 0 saturated heterocycles. The topological polar surface area (TPSA) is 105 Å². The highest BCUT2D eigenvalue weighted by atomic mass is 79.9. The average Bonchev–Trinajstić information content (AvgIpc) is 3.34. The lowest BCUT2D eigenvalue weighted by Crippen LogP contribution is -2.40. The van der Waals surface area contributed by atoms with Crippen molar-refractivity contribution >= 4 is 45.3 Å². The molecular formula is C35H32BrFN2O7S. The summed E-state index contributed by atoms with van der Waals surface area (Å²) < 4.78 is 38.4. The number of halogens is 2. The Balaban J connectivity index is 1.57. The van der Waals surface area contributed by atoms with Crippen molar-refractivity contribution in [3.05, 3.63) is 124 Å². The Bertz CT molecular complexity index is 2050.